The van der Waals surface area contributed by atoms with E-state index in [0.29, 0.717) is 12.0 Å². The topological polar surface area (TPSA) is 55.0 Å². The number of benzene rings is 1. The summed E-state index contributed by atoms with van der Waals surface area (Å²) in [4.78, 5) is 11.5. The molecule has 1 unspecified atom stereocenters. The molecule has 0 aliphatic carbocycles. The van der Waals surface area contributed by atoms with Crippen LogP contribution in [-0.4, -0.2) is 16.2 Å². The van der Waals surface area contributed by atoms with Crippen LogP contribution >= 0.6 is 0 Å². The van der Waals surface area contributed by atoms with Gasteiger partial charge < -0.3 is 4.74 Å². The van der Waals surface area contributed by atoms with Gasteiger partial charge in [-0.2, -0.15) is 5.10 Å². The Hall–Kier alpha value is -2.36. The first-order valence-corrected chi connectivity index (χ1v) is 6.13. The predicted molar refractivity (Wildman–Crippen MR) is 71.4 cm³/mol. The maximum absolute atomic E-state index is 11.5. The van der Waals surface area contributed by atoms with E-state index in [0.717, 1.165) is 22.3 Å². The minimum Gasteiger partial charge on any atom is -0.454 e. The van der Waals surface area contributed by atoms with Crippen molar-refractivity contribution >= 4 is 5.97 Å². The van der Waals surface area contributed by atoms with E-state index in [-0.39, 0.29) is 12.1 Å². The Balaban J connectivity index is 2.07. The summed E-state index contributed by atoms with van der Waals surface area (Å²) in [6.07, 6.45) is 3.91. The molecule has 1 aliphatic heterocycles. The second-order valence-corrected chi connectivity index (χ2v) is 4.78. The van der Waals surface area contributed by atoms with Crippen molar-refractivity contribution < 1.29 is 9.53 Å². The van der Waals surface area contributed by atoms with Crippen molar-refractivity contribution in [3.63, 3.8) is 0 Å². The molecule has 0 radical (unpaired) electrons. The van der Waals surface area contributed by atoms with Gasteiger partial charge in [0.1, 0.15) is 6.10 Å². The predicted octanol–water partition coefficient (Wildman–Crippen LogP) is 2.93. The van der Waals surface area contributed by atoms with Crippen LogP contribution < -0.4 is 0 Å². The zero-order chi connectivity index (χ0) is 13.4. The molecule has 96 valence electrons. The van der Waals surface area contributed by atoms with E-state index in [1.165, 1.54) is 0 Å². The van der Waals surface area contributed by atoms with Crippen LogP contribution in [0.1, 0.15) is 23.7 Å². The standard InChI is InChI=1S/C15H14N2O2/c1-9-3-4-12(14-6-10(2)15(18)19-14)13(5-9)11-7-16-17-8-11/h3-5,7-8,14H,2,6H2,1H3,(H,16,17). The average molecular weight is 254 g/mol. The first-order valence-electron chi connectivity index (χ1n) is 6.13. The van der Waals surface area contributed by atoms with Gasteiger partial charge in [-0.1, -0.05) is 30.3 Å². The zero-order valence-corrected chi connectivity index (χ0v) is 10.6. The molecule has 1 saturated heterocycles. The molecule has 0 saturated carbocycles. The molecule has 1 aliphatic rings. The molecule has 2 heterocycles. The molecule has 1 aromatic heterocycles. The van der Waals surface area contributed by atoms with E-state index in [4.69, 9.17) is 4.74 Å². The number of carbonyl (C=O) groups excluding carboxylic acids is 1. The van der Waals surface area contributed by atoms with Crippen LogP contribution in [-0.2, 0) is 9.53 Å². The second-order valence-electron chi connectivity index (χ2n) is 4.78. The molecule has 0 spiro atoms. The first-order chi connectivity index (χ1) is 9.15. The number of hydrogen-bond acceptors (Lipinski definition) is 3. The van der Waals surface area contributed by atoms with Gasteiger partial charge >= 0.3 is 5.97 Å². The molecule has 1 fully saturated rings. The molecule has 4 nitrogen and oxygen atoms in total. The number of nitrogens with one attached hydrogen (secondary N) is 1. The zero-order valence-electron chi connectivity index (χ0n) is 10.6. The molecule has 4 heteroatoms. The lowest BCUT2D eigenvalue weighted by Gasteiger charge is -2.14. The van der Waals surface area contributed by atoms with E-state index in [1.54, 1.807) is 6.20 Å². The van der Waals surface area contributed by atoms with Gasteiger partial charge in [0.05, 0.1) is 6.20 Å². The summed E-state index contributed by atoms with van der Waals surface area (Å²) in [7, 11) is 0. The Morgan fingerprint density at radius 2 is 2.32 bits per heavy atom. The van der Waals surface area contributed by atoms with Crippen molar-refractivity contribution in [2.24, 2.45) is 0 Å². The lowest BCUT2D eigenvalue weighted by Crippen LogP contribution is -2.01. The lowest BCUT2D eigenvalue weighted by atomic mass is 9.94. The normalized spacial score (nSPS) is 18.7. The fraction of sp³-hybridized carbons (Fsp3) is 0.200. The van der Waals surface area contributed by atoms with Gasteiger partial charge in [0.25, 0.3) is 0 Å². The summed E-state index contributed by atoms with van der Waals surface area (Å²) in [6.45, 7) is 5.76. The Bertz CT molecular complexity index is 628. The van der Waals surface area contributed by atoms with E-state index >= 15 is 0 Å². The lowest BCUT2D eigenvalue weighted by molar-refractivity contribution is -0.139. The molecule has 1 aromatic carbocycles. The number of H-pyrrole nitrogens is 1. The third-order valence-electron chi connectivity index (χ3n) is 3.33. The molecule has 1 atom stereocenters. The summed E-state index contributed by atoms with van der Waals surface area (Å²) in [6, 6.07) is 6.11. The average Bonchev–Trinajstić information content (AvgIpc) is 3.00. The third kappa shape index (κ3) is 2.05. The van der Waals surface area contributed by atoms with Crippen LogP contribution in [0.4, 0.5) is 0 Å². The summed E-state index contributed by atoms with van der Waals surface area (Å²) in [5.41, 5.74) is 4.72. The highest BCUT2D eigenvalue weighted by molar-refractivity contribution is 5.90. The van der Waals surface area contributed by atoms with Gasteiger partial charge in [0.2, 0.25) is 0 Å². The Kier molecular flexibility index (Phi) is 2.71. The van der Waals surface area contributed by atoms with Gasteiger partial charge in [-0.05, 0) is 12.5 Å². The molecule has 3 rings (SSSR count). The van der Waals surface area contributed by atoms with Crippen molar-refractivity contribution in [1.29, 1.82) is 0 Å². The van der Waals surface area contributed by atoms with Crippen molar-refractivity contribution in [3.8, 4) is 11.1 Å². The fourth-order valence-corrected chi connectivity index (χ4v) is 2.33. The molecule has 0 amide bonds. The number of ether oxygens (including phenoxy) is 1. The Labute approximate surface area is 111 Å². The number of aromatic nitrogens is 2. The molecule has 0 bridgehead atoms. The number of cyclic esters (lactones) is 1. The van der Waals surface area contributed by atoms with Gasteiger partial charge in [-0.15, -0.1) is 0 Å². The SMILES string of the molecule is C=C1CC(c2ccc(C)cc2-c2cn[nH]c2)OC1=O. The number of aryl methyl sites for hydroxylation is 1. The van der Waals surface area contributed by atoms with Crippen LogP contribution in [0.5, 0.6) is 0 Å². The number of rotatable bonds is 2. The van der Waals surface area contributed by atoms with Crippen molar-refractivity contribution in [3.05, 3.63) is 53.9 Å². The number of esters is 1. The maximum Gasteiger partial charge on any atom is 0.334 e. The van der Waals surface area contributed by atoms with E-state index in [2.05, 4.69) is 22.8 Å². The van der Waals surface area contributed by atoms with Crippen LogP contribution in [0.25, 0.3) is 11.1 Å². The Morgan fingerprint density at radius 1 is 1.47 bits per heavy atom. The number of hydrogen-bond donors (Lipinski definition) is 1. The highest BCUT2D eigenvalue weighted by atomic mass is 16.5. The van der Waals surface area contributed by atoms with Gasteiger partial charge in [-0.25, -0.2) is 4.79 Å². The van der Waals surface area contributed by atoms with Crippen LogP contribution in [0.3, 0.4) is 0 Å². The summed E-state index contributed by atoms with van der Waals surface area (Å²) < 4.78 is 5.37. The van der Waals surface area contributed by atoms with Crippen LogP contribution in [0.15, 0.2) is 42.7 Å². The van der Waals surface area contributed by atoms with Gasteiger partial charge in [-0.3, -0.25) is 5.10 Å². The highest BCUT2D eigenvalue weighted by Gasteiger charge is 2.30. The van der Waals surface area contributed by atoms with Crippen LogP contribution in [0, 0.1) is 6.92 Å². The molecular formula is C15H14N2O2. The molecule has 19 heavy (non-hydrogen) atoms. The van der Waals surface area contributed by atoms with Crippen molar-refractivity contribution in [2.75, 3.05) is 0 Å². The smallest absolute Gasteiger partial charge is 0.334 e. The van der Waals surface area contributed by atoms with Crippen LogP contribution in [0.2, 0.25) is 0 Å². The van der Waals surface area contributed by atoms with E-state index in [9.17, 15) is 4.79 Å². The summed E-state index contributed by atoms with van der Waals surface area (Å²) in [5, 5.41) is 6.78. The monoisotopic (exact) mass is 254 g/mol. The minimum absolute atomic E-state index is 0.245. The largest absolute Gasteiger partial charge is 0.454 e. The number of nitrogens with zero attached hydrogens (tertiary/aromatic N) is 1. The Morgan fingerprint density at radius 3 is 2.95 bits per heavy atom. The summed E-state index contributed by atoms with van der Waals surface area (Å²) >= 11 is 0. The second kappa shape index (κ2) is 4.39. The van der Waals surface area contributed by atoms with E-state index in [1.807, 2.05) is 25.3 Å². The third-order valence-corrected chi connectivity index (χ3v) is 3.33. The molecular weight excluding hydrogens is 240 g/mol. The number of aromatic amines is 1. The molecule has 2 aromatic rings. The highest BCUT2D eigenvalue weighted by Crippen LogP contribution is 2.37. The van der Waals surface area contributed by atoms with Crippen molar-refractivity contribution in [2.45, 2.75) is 19.4 Å². The van der Waals surface area contributed by atoms with Gasteiger partial charge in [0, 0.05) is 29.3 Å². The minimum atomic E-state index is -0.302. The first kappa shape index (κ1) is 11.7. The van der Waals surface area contributed by atoms with Gasteiger partial charge in [0.15, 0.2) is 0 Å². The number of carbonyl (C=O) groups is 1. The summed E-state index contributed by atoms with van der Waals surface area (Å²) in [5.74, 6) is -0.302. The van der Waals surface area contributed by atoms with E-state index < -0.39 is 0 Å². The maximum atomic E-state index is 11.5. The quantitative estimate of drug-likeness (QED) is 0.662. The van der Waals surface area contributed by atoms with Crippen molar-refractivity contribution in [1.82, 2.24) is 10.2 Å². The molecule has 1 N–H and O–H groups in total. The fourth-order valence-electron chi connectivity index (χ4n) is 2.33.